The maximum Gasteiger partial charge on any atom is 0.223 e. The van der Waals surface area contributed by atoms with Crippen LogP contribution in [0.3, 0.4) is 0 Å². The van der Waals surface area contributed by atoms with E-state index in [9.17, 15) is 4.79 Å². The molecule has 0 atom stereocenters. The zero-order chi connectivity index (χ0) is 13.2. The fourth-order valence-corrected chi connectivity index (χ4v) is 1.40. The fraction of sp³-hybridized carbons (Fsp3) is 0.462. The maximum absolute atomic E-state index is 11.4. The average Bonchev–Trinajstić information content (AvgIpc) is 2.37. The van der Waals surface area contributed by atoms with E-state index in [1.54, 1.807) is 19.2 Å². The number of methoxy groups -OCH3 is 1. The molecule has 0 aliphatic rings. The molecule has 0 aliphatic carbocycles. The standard InChI is InChI=1S/C13H20N2O3/c1-17-9-4-8-15-13(16)7-10-18-12-6-3-2-5-11(12)14/h2-3,5-6H,4,7-10,14H2,1H3,(H,15,16). The molecule has 0 heterocycles. The van der Waals surface area contributed by atoms with Crippen LogP contribution in [-0.4, -0.2) is 32.8 Å². The zero-order valence-corrected chi connectivity index (χ0v) is 10.6. The normalized spacial score (nSPS) is 10.1. The average molecular weight is 252 g/mol. The second-order valence-electron chi connectivity index (χ2n) is 3.83. The Bertz CT molecular complexity index is 369. The molecule has 5 nitrogen and oxygen atoms in total. The summed E-state index contributed by atoms with van der Waals surface area (Å²) in [5.41, 5.74) is 6.29. The van der Waals surface area contributed by atoms with E-state index in [4.69, 9.17) is 15.2 Å². The van der Waals surface area contributed by atoms with E-state index in [0.29, 0.717) is 37.6 Å². The van der Waals surface area contributed by atoms with Crippen molar-refractivity contribution in [3.8, 4) is 5.75 Å². The van der Waals surface area contributed by atoms with E-state index in [1.807, 2.05) is 12.1 Å². The number of anilines is 1. The van der Waals surface area contributed by atoms with Gasteiger partial charge in [0.05, 0.1) is 18.7 Å². The minimum Gasteiger partial charge on any atom is -0.491 e. The molecule has 5 heteroatoms. The predicted molar refractivity (Wildman–Crippen MR) is 70.5 cm³/mol. The summed E-state index contributed by atoms with van der Waals surface area (Å²) in [4.78, 5) is 11.4. The predicted octanol–water partition coefficient (Wildman–Crippen LogP) is 1.19. The summed E-state index contributed by atoms with van der Waals surface area (Å²) in [5, 5.41) is 2.79. The van der Waals surface area contributed by atoms with Gasteiger partial charge in [0.2, 0.25) is 5.91 Å². The summed E-state index contributed by atoms with van der Waals surface area (Å²) in [6.07, 6.45) is 1.13. The molecule has 0 bridgehead atoms. The third kappa shape index (κ3) is 5.54. The number of benzene rings is 1. The summed E-state index contributed by atoms with van der Waals surface area (Å²) in [7, 11) is 1.64. The van der Waals surface area contributed by atoms with Crippen LogP contribution in [0.4, 0.5) is 5.69 Å². The van der Waals surface area contributed by atoms with Crippen molar-refractivity contribution in [1.29, 1.82) is 0 Å². The maximum atomic E-state index is 11.4. The van der Waals surface area contributed by atoms with Crippen LogP contribution in [0.2, 0.25) is 0 Å². The highest BCUT2D eigenvalue weighted by molar-refractivity contribution is 5.75. The van der Waals surface area contributed by atoms with Gasteiger partial charge in [-0.15, -0.1) is 0 Å². The summed E-state index contributed by atoms with van der Waals surface area (Å²) in [6, 6.07) is 7.23. The molecule has 1 rings (SSSR count). The van der Waals surface area contributed by atoms with Gasteiger partial charge in [-0.3, -0.25) is 4.79 Å². The summed E-state index contributed by atoms with van der Waals surface area (Å²) >= 11 is 0. The SMILES string of the molecule is COCCCNC(=O)CCOc1ccccc1N. The van der Waals surface area contributed by atoms with Gasteiger partial charge in [0, 0.05) is 20.3 Å². The van der Waals surface area contributed by atoms with Crippen LogP contribution in [0.25, 0.3) is 0 Å². The second-order valence-corrected chi connectivity index (χ2v) is 3.83. The van der Waals surface area contributed by atoms with Gasteiger partial charge in [0.25, 0.3) is 0 Å². The Labute approximate surface area is 107 Å². The van der Waals surface area contributed by atoms with Gasteiger partial charge < -0.3 is 20.5 Å². The molecule has 0 radical (unpaired) electrons. The molecule has 0 aliphatic heterocycles. The minimum absolute atomic E-state index is 0.0272. The number of hydrogen-bond donors (Lipinski definition) is 2. The lowest BCUT2D eigenvalue weighted by Gasteiger charge is -2.08. The van der Waals surface area contributed by atoms with Gasteiger partial charge in [0.15, 0.2) is 0 Å². The Morgan fingerprint density at radius 3 is 2.83 bits per heavy atom. The van der Waals surface area contributed by atoms with Crippen LogP contribution in [0.1, 0.15) is 12.8 Å². The molecule has 0 fully saturated rings. The molecule has 1 amide bonds. The lowest BCUT2D eigenvalue weighted by atomic mass is 10.3. The minimum atomic E-state index is -0.0272. The van der Waals surface area contributed by atoms with E-state index >= 15 is 0 Å². The number of carbonyl (C=O) groups is 1. The lowest BCUT2D eigenvalue weighted by molar-refractivity contribution is -0.121. The smallest absolute Gasteiger partial charge is 0.223 e. The van der Waals surface area contributed by atoms with Crippen molar-refractivity contribution in [2.45, 2.75) is 12.8 Å². The van der Waals surface area contributed by atoms with Gasteiger partial charge in [0.1, 0.15) is 5.75 Å². The highest BCUT2D eigenvalue weighted by atomic mass is 16.5. The van der Waals surface area contributed by atoms with Crippen molar-refractivity contribution in [2.75, 3.05) is 32.6 Å². The van der Waals surface area contributed by atoms with Crippen molar-refractivity contribution in [3.63, 3.8) is 0 Å². The van der Waals surface area contributed by atoms with Crippen LogP contribution < -0.4 is 15.8 Å². The van der Waals surface area contributed by atoms with Gasteiger partial charge in [-0.05, 0) is 18.6 Å². The largest absolute Gasteiger partial charge is 0.491 e. The number of amides is 1. The Hall–Kier alpha value is -1.75. The number of nitrogens with one attached hydrogen (secondary N) is 1. The second kappa shape index (κ2) is 8.36. The summed E-state index contributed by atoms with van der Waals surface area (Å²) in [6.45, 7) is 1.60. The van der Waals surface area contributed by atoms with E-state index in [2.05, 4.69) is 5.32 Å². The van der Waals surface area contributed by atoms with Crippen molar-refractivity contribution in [1.82, 2.24) is 5.32 Å². The first-order valence-electron chi connectivity index (χ1n) is 5.97. The van der Waals surface area contributed by atoms with Crippen molar-refractivity contribution >= 4 is 11.6 Å². The lowest BCUT2D eigenvalue weighted by Crippen LogP contribution is -2.26. The Morgan fingerprint density at radius 2 is 2.11 bits per heavy atom. The van der Waals surface area contributed by atoms with Crippen molar-refractivity contribution in [2.24, 2.45) is 0 Å². The summed E-state index contributed by atoms with van der Waals surface area (Å²) < 4.78 is 10.3. The zero-order valence-electron chi connectivity index (χ0n) is 10.6. The highest BCUT2D eigenvalue weighted by Crippen LogP contribution is 2.19. The number of rotatable bonds is 8. The fourth-order valence-electron chi connectivity index (χ4n) is 1.40. The van der Waals surface area contributed by atoms with E-state index in [1.165, 1.54) is 0 Å². The number of nitrogens with two attached hydrogens (primary N) is 1. The van der Waals surface area contributed by atoms with Crippen LogP contribution in [-0.2, 0) is 9.53 Å². The number of para-hydroxylation sites is 2. The molecular weight excluding hydrogens is 232 g/mol. The molecule has 3 N–H and O–H groups in total. The molecule has 1 aromatic carbocycles. The van der Waals surface area contributed by atoms with E-state index in [-0.39, 0.29) is 5.91 Å². The number of hydrogen-bond acceptors (Lipinski definition) is 4. The molecule has 1 aromatic rings. The Kier molecular flexibility index (Phi) is 6.64. The molecule has 0 aromatic heterocycles. The van der Waals surface area contributed by atoms with Crippen LogP contribution in [0, 0.1) is 0 Å². The van der Waals surface area contributed by atoms with Gasteiger partial charge in [-0.2, -0.15) is 0 Å². The third-order valence-electron chi connectivity index (χ3n) is 2.35. The van der Waals surface area contributed by atoms with Crippen LogP contribution >= 0.6 is 0 Å². The molecule has 18 heavy (non-hydrogen) atoms. The third-order valence-corrected chi connectivity index (χ3v) is 2.35. The molecular formula is C13H20N2O3. The molecule has 0 saturated heterocycles. The first kappa shape index (κ1) is 14.3. The van der Waals surface area contributed by atoms with E-state index < -0.39 is 0 Å². The van der Waals surface area contributed by atoms with Gasteiger partial charge in [-0.1, -0.05) is 12.1 Å². The van der Waals surface area contributed by atoms with Gasteiger partial charge >= 0.3 is 0 Å². The number of nitrogen functional groups attached to an aromatic ring is 1. The topological polar surface area (TPSA) is 73.6 Å². The van der Waals surface area contributed by atoms with E-state index in [0.717, 1.165) is 6.42 Å². The number of carbonyl (C=O) groups excluding carboxylic acids is 1. The number of ether oxygens (including phenoxy) is 2. The molecule has 0 spiro atoms. The van der Waals surface area contributed by atoms with Crippen molar-refractivity contribution in [3.05, 3.63) is 24.3 Å². The first-order valence-corrected chi connectivity index (χ1v) is 5.97. The highest BCUT2D eigenvalue weighted by Gasteiger charge is 2.02. The quantitative estimate of drug-likeness (QED) is 0.538. The van der Waals surface area contributed by atoms with Crippen molar-refractivity contribution < 1.29 is 14.3 Å². The molecule has 100 valence electrons. The summed E-state index contributed by atoms with van der Waals surface area (Å²) in [5.74, 6) is 0.588. The van der Waals surface area contributed by atoms with Gasteiger partial charge in [-0.25, -0.2) is 0 Å². The Morgan fingerprint density at radius 1 is 1.33 bits per heavy atom. The first-order chi connectivity index (χ1) is 8.74. The Balaban J connectivity index is 2.14. The van der Waals surface area contributed by atoms with Crippen LogP contribution in [0.15, 0.2) is 24.3 Å². The molecule has 0 saturated carbocycles. The van der Waals surface area contributed by atoms with Crippen LogP contribution in [0.5, 0.6) is 5.75 Å². The molecule has 0 unspecified atom stereocenters. The monoisotopic (exact) mass is 252 g/mol.